The smallest absolute Gasteiger partial charge is 0.203 e. The van der Waals surface area contributed by atoms with Crippen LogP contribution in [0.25, 0.3) is 5.65 Å². The van der Waals surface area contributed by atoms with E-state index >= 15 is 0 Å². The molecule has 0 atom stereocenters. The number of fused-ring (bicyclic) bond motifs is 1. The van der Waals surface area contributed by atoms with Gasteiger partial charge in [-0.05, 0) is 6.07 Å². The van der Waals surface area contributed by atoms with Gasteiger partial charge in [0.1, 0.15) is 17.5 Å². The van der Waals surface area contributed by atoms with Gasteiger partial charge in [0, 0.05) is 63.2 Å². The van der Waals surface area contributed by atoms with E-state index in [-0.39, 0.29) is 0 Å². The van der Waals surface area contributed by atoms with Crippen molar-refractivity contribution in [1.29, 1.82) is 0 Å². The molecule has 4 rings (SSSR count). The first-order chi connectivity index (χ1) is 12.7. The Hall–Kier alpha value is -2.61. The number of aryl methyl sites for hydroxylation is 1. The minimum absolute atomic E-state index is 0.475. The molecule has 1 fully saturated rings. The van der Waals surface area contributed by atoms with Crippen molar-refractivity contribution in [3.8, 4) is 0 Å². The van der Waals surface area contributed by atoms with E-state index in [1.807, 2.05) is 17.5 Å². The molecule has 1 aromatic carbocycles. The molecule has 1 saturated heterocycles. The van der Waals surface area contributed by atoms with Crippen molar-refractivity contribution in [3.05, 3.63) is 53.6 Å². The maximum atomic E-state index is 13.9. The third-order valence-electron chi connectivity index (χ3n) is 4.78. The lowest BCUT2D eigenvalue weighted by Gasteiger charge is -2.35. The molecule has 0 spiro atoms. The highest BCUT2D eigenvalue weighted by atomic mass is 19.1. The van der Waals surface area contributed by atoms with Crippen molar-refractivity contribution >= 4 is 11.5 Å². The Kier molecular flexibility index (Phi) is 4.50. The van der Waals surface area contributed by atoms with Gasteiger partial charge >= 0.3 is 0 Å². The SMILES string of the molecule is CCc1nnc2c(N3CCN(Cc4ccc(F)cc4F)CC3)nccn12. The Morgan fingerprint density at radius 3 is 2.62 bits per heavy atom. The fraction of sp³-hybridized carbons (Fsp3) is 0.389. The lowest BCUT2D eigenvalue weighted by molar-refractivity contribution is 0.246. The van der Waals surface area contributed by atoms with Crippen molar-refractivity contribution in [2.24, 2.45) is 0 Å². The minimum Gasteiger partial charge on any atom is -0.351 e. The average Bonchev–Trinajstić information content (AvgIpc) is 3.08. The maximum Gasteiger partial charge on any atom is 0.203 e. The number of benzene rings is 1. The Balaban J connectivity index is 1.46. The van der Waals surface area contributed by atoms with Crippen molar-refractivity contribution in [1.82, 2.24) is 24.5 Å². The molecule has 0 unspecified atom stereocenters. The summed E-state index contributed by atoms with van der Waals surface area (Å²) in [6.07, 6.45) is 4.46. The minimum atomic E-state index is -0.546. The molecule has 0 amide bonds. The van der Waals surface area contributed by atoms with Crippen LogP contribution in [-0.2, 0) is 13.0 Å². The second-order valence-electron chi connectivity index (χ2n) is 6.41. The van der Waals surface area contributed by atoms with Crippen molar-refractivity contribution in [3.63, 3.8) is 0 Å². The third kappa shape index (κ3) is 3.12. The summed E-state index contributed by atoms with van der Waals surface area (Å²) in [5, 5.41) is 8.50. The van der Waals surface area contributed by atoms with E-state index in [2.05, 4.69) is 25.0 Å². The maximum absolute atomic E-state index is 13.9. The second kappa shape index (κ2) is 6.95. The molecule has 0 radical (unpaired) electrons. The van der Waals surface area contributed by atoms with Gasteiger partial charge in [-0.2, -0.15) is 0 Å². The monoisotopic (exact) mass is 358 g/mol. The largest absolute Gasteiger partial charge is 0.351 e. The summed E-state index contributed by atoms with van der Waals surface area (Å²) in [6, 6.07) is 3.75. The summed E-state index contributed by atoms with van der Waals surface area (Å²) in [5.41, 5.74) is 1.28. The summed E-state index contributed by atoms with van der Waals surface area (Å²) in [6.45, 7) is 5.60. The molecule has 0 N–H and O–H groups in total. The zero-order chi connectivity index (χ0) is 18.1. The number of rotatable bonds is 4. The molecule has 6 nitrogen and oxygen atoms in total. The molecule has 136 valence electrons. The molecule has 1 aliphatic heterocycles. The van der Waals surface area contributed by atoms with Crippen LogP contribution in [0.4, 0.5) is 14.6 Å². The van der Waals surface area contributed by atoms with E-state index in [0.29, 0.717) is 12.1 Å². The molecule has 3 heterocycles. The topological polar surface area (TPSA) is 49.6 Å². The van der Waals surface area contributed by atoms with Crippen LogP contribution in [0.1, 0.15) is 18.3 Å². The predicted octanol–water partition coefficient (Wildman–Crippen LogP) is 2.29. The van der Waals surface area contributed by atoms with Crippen molar-refractivity contribution in [2.75, 3.05) is 31.1 Å². The molecule has 0 bridgehead atoms. The number of hydrogen-bond donors (Lipinski definition) is 0. The normalized spacial score (nSPS) is 15.7. The highest BCUT2D eigenvalue weighted by Crippen LogP contribution is 2.20. The second-order valence-corrected chi connectivity index (χ2v) is 6.41. The molecule has 1 aliphatic rings. The van der Waals surface area contributed by atoms with Gasteiger partial charge in [-0.1, -0.05) is 13.0 Å². The number of anilines is 1. The summed E-state index contributed by atoms with van der Waals surface area (Å²) >= 11 is 0. The van der Waals surface area contributed by atoms with Crippen LogP contribution < -0.4 is 4.90 Å². The number of nitrogens with zero attached hydrogens (tertiary/aromatic N) is 6. The number of hydrogen-bond acceptors (Lipinski definition) is 5. The van der Waals surface area contributed by atoms with Gasteiger partial charge in [0.15, 0.2) is 5.82 Å². The average molecular weight is 358 g/mol. The standard InChI is InChI=1S/C18H20F2N6/c1-2-16-22-23-18-17(21-5-6-26(16)18)25-9-7-24(8-10-25)12-13-3-4-14(19)11-15(13)20/h3-6,11H,2,7-10,12H2,1H3. The van der Waals surface area contributed by atoms with Crippen LogP contribution >= 0.6 is 0 Å². The van der Waals surface area contributed by atoms with Crippen LogP contribution in [0.2, 0.25) is 0 Å². The van der Waals surface area contributed by atoms with Crippen LogP contribution in [0, 0.1) is 11.6 Å². The van der Waals surface area contributed by atoms with Crippen molar-refractivity contribution < 1.29 is 8.78 Å². The van der Waals surface area contributed by atoms with E-state index in [1.165, 1.54) is 12.1 Å². The fourth-order valence-electron chi connectivity index (χ4n) is 3.33. The molecular weight excluding hydrogens is 338 g/mol. The molecule has 3 aromatic rings. The molecule has 0 aliphatic carbocycles. The van der Waals surface area contributed by atoms with Gasteiger partial charge in [-0.25, -0.2) is 13.8 Å². The fourth-order valence-corrected chi connectivity index (χ4v) is 3.33. The molecule has 0 saturated carbocycles. The summed E-state index contributed by atoms with van der Waals surface area (Å²) in [4.78, 5) is 8.84. The number of halogens is 2. The first-order valence-electron chi connectivity index (χ1n) is 8.75. The first kappa shape index (κ1) is 16.8. The van der Waals surface area contributed by atoms with Crippen LogP contribution in [0.5, 0.6) is 0 Å². The van der Waals surface area contributed by atoms with Gasteiger partial charge in [-0.15, -0.1) is 10.2 Å². The highest BCUT2D eigenvalue weighted by molar-refractivity contribution is 5.64. The Bertz CT molecular complexity index is 917. The van der Waals surface area contributed by atoms with Gasteiger partial charge in [0.2, 0.25) is 5.65 Å². The Morgan fingerprint density at radius 1 is 1.08 bits per heavy atom. The van der Waals surface area contributed by atoms with Crippen molar-refractivity contribution in [2.45, 2.75) is 19.9 Å². The van der Waals surface area contributed by atoms with E-state index in [9.17, 15) is 8.78 Å². The van der Waals surface area contributed by atoms with Crippen LogP contribution in [0.3, 0.4) is 0 Å². The van der Waals surface area contributed by atoms with Gasteiger partial charge in [0.05, 0.1) is 0 Å². The lowest BCUT2D eigenvalue weighted by atomic mass is 10.2. The van der Waals surface area contributed by atoms with E-state index < -0.39 is 11.6 Å². The molecule has 26 heavy (non-hydrogen) atoms. The van der Waals surface area contributed by atoms with Gasteiger partial charge in [-0.3, -0.25) is 9.30 Å². The van der Waals surface area contributed by atoms with E-state index in [0.717, 1.165) is 56.0 Å². The van der Waals surface area contributed by atoms with E-state index in [4.69, 9.17) is 0 Å². The van der Waals surface area contributed by atoms with Gasteiger partial charge in [0.25, 0.3) is 0 Å². The quantitative estimate of drug-likeness (QED) is 0.716. The third-order valence-corrected chi connectivity index (χ3v) is 4.78. The van der Waals surface area contributed by atoms with E-state index in [1.54, 1.807) is 6.20 Å². The summed E-state index contributed by atoms with van der Waals surface area (Å²) < 4.78 is 28.9. The Morgan fingerprint density at radius 2 is 1.88 bits per heavy atom. The summed E-state index contributed by atoms with van der Waals surface area (Å²) in [5.74, 6) is 0.700. The predicted molar refractivity (Wildman–Crippen MR) is 94.0 cm³/mol. The lowest BCUT2D eigenvalue weighted by Crippen LogP contribution is -2.46. The number of aromatic nitrogens is 4. The zero-order valence-electron chi connectivity index (χ0n) is 14.6. The zero-order valence-corrected chi connectivity index (χ0v) is 14.6. The highest BCUT2D eigenvalue weighted by Gasteiger charge is 2.22. The number of piperazine rings is 1. The van der Waals surface area contributed by atoms with Crippen LogP contribution in [0.15, 0.2) is 30.6 Å². The summed E-state index contributed by atoms with van der Waals surface area (Å²) in [7, 11) is 0. The molecular formula is C18H20F2N6. The molecule has 8 heteroatoms. The van der Waals surface area contributed by atoms with Crippen LogP contribution in [-0.4, -0.2) is 50.7 Å². The first-order valence-corrected chi connectivity index (χ1v) is 8.75. The molecule has 2 aromatic heterocycles. The Labute approximate surface area is 150 Å². The van der Waals surface area contributed by atoms with Gasteiger partial charge < -0.3 is 4.90 Å².